The minimum atomic E-state index is -3.05. The van der Waals surface area contributed by atoms with Crippen molar-refractivity contribution in [1.29, 1.82) is 0 Å². The summed E-state index contributed by atoms with van der Waals surface area (Å²) in [5, 5.41) is 17.2. The third-order valence-corrected chi connectivity index (χ3v) is 6.21. The van der Waals surface area contributed by atoms with Crippen LogP contribution in [0.5, 0.6) is 5.75 Å². The van der Waals surface area contributed by atoms with Gasteiger partial charge < -0.3 is 34.8 Å². The lowest BCUT2D eigenvalue weighted by atomic mass is 10.1. The first-order valence-electron chi connectivity index (χ1n) is 12.4. The highest BCUT2D eigenvalue weighted by Crippen LogP contribution is 2.39. The summed E-state index contributed by atoms with van der Waals surface area (Å²) in [6.07, 6.45) is 3.85. The summed E-state index contributed by atoms with van der Waals surface area (Å²) in [6.45, 7) is 1.88. The molecular weight excluding hydrogens is 504 g/mol. The maximum Gasteiger partial charge on any atom is 0.387 e. The summed E-state index contributed by atoms with van der Waals surface area (Å²) in [7, 11) is 7.68. The van der Waals surface area contributed by atoms with Crippen molar-refractivity contribution < 1.29 is 18.6 Å². The van der Waals surface area contributed by atoms with Crippen LogP contribution in [-0.4, -0.2) is 71.6 Å². The van der Waals surface area contributed by atoms with Crippen molar-refractivity contribution in [2.45, 2.75) is 12.8 Å². The van der Waals surface area contributed by atoms with Crippen LogP contribution in [0.15, 0.2) is 67.5 Å². The smallest absolute Gasteiger partial charge is 0.387 e. The lowest BCUT2D eigenvalue weighted by Crippen LogP contribution is -2.29. The molecule has 9 nitrogen and oxygen atoms in total. The Hall–Kier alpha value is -4.22. The number of alkyl halides is 2. The number of nitrogens with one attached hydrogen (secondary N) is 2. The Morgan fingerprint density at radius 3 is 2.62 bits per heavy atom. The molecule has 39 heavy (non-hydrogen) atoms. The molecule has 2 aromatic carbocycles. The predicted octanol–water partition coefficient (Wildman–Crippen LogP) is 4.89. The number of halogens is 2. The van der Waals surface area contributed by atoms with Crippen molar-refractivity contribution in [1.82, 2.24) is 19.4 Å². The highest BCUT2D eigenvalue weighted by molar-refractivity contribution is 5.95. The molecule has 11 heteroatoms. The van der Waals surface area contributed by atoms with Gasteiger partial charge in [-0.25, -0.2) is 9.97 Å². The zero-order valence-electron chi connectivity index (χ0n) is 22.4. The van der Waals surface area contributed by atoms with E-state index in [1.807, 2.05) is 73.0 Å². The summed E-state index contributed by atoms with van der Waals surface area (Å²) < 4.78 is 33.8. The first-order chi connectivity index (χ1) is 18.7. The fraction of sp³-hybridized carbons (Fsp3) is 0.286. The van der Waals surface area contributed by atoms with Gasteiger partial charge in [0.1, 0.15) is 6.23 Å². The first-order valence-corrected chi connectivity index (χ1v) is 12.4. The number of ether oxygens (including phenoxy) is 1. The molecule has 0 spiro atoms. The number of hydrogen-bond acceptors (Lipinski definition) is 8. The monoisotopic (exact) mass is 537 g/mol. The van der Waals surface area contributed by atoms with Crippen molar-refractivity contribution in [2.24, 2.45) is 7.05 Å². The van der Waals surface area contributed by atoms with Crippen molar-refractivity contribution in [3.63, 3.8) is 0 Å². The molecule has 2 aromatic heterocycles. The number of aromatic nitrogens is 3. The second-order valence-corrected chi connectivity index (χ2v) is 9.36. The Morgan fingerprint density at radius 2 is 1.90 bits per heavy atom. The molecule has 2 heterocycles. The molecule has 0 saturated heterocycles. The number of likely N-dealkylation sites (N-methyl/N-ethyl adjacent to an activating group) is 2. The lowest BCUT2D eigenvalue weighted by molar-refractivity contribution is -0.0493. The van der Waals surface area contributed by atoms with Gasteiger partial charge in [0.25, 0.3) is 0 Å². The van der Waals surface area contributed by atoms with E-state index in [1.54, 1.807) is 18.3 Å². The number of rotatable bonds is 12. The van der Waals surface area contributed by atoms with Crippen LogP contribution < -0.4 is 20.3 Å². The third kappa shape index (κ3) is 6.62. The summed E-state index contributed by atoms with van der Waals surface area (Å²) in [5.41, 5.74) is 3.88. The molecule has 0 amide bonds. The average molecular weight is 538 g/mol. The van der Waals surface area contributed by atoms with Gasteiger partial charge in [-0.15, -0.1) is 0 Å². The molecule has 0 bridgehead atoms. The van der Waals surface area contributed by atoms with Crippen LogP contribution in [0.25, 0.3) is 22.2 Å². The quantitative estimate of drug-likeness (QED) is 0.174. The number of nitrogens with zero attached hydrogens (tertiary/aromatic N) is 5. The molecule has 0 aliphatic carbocycles. The number of aliphatic hydroxyl groups excluding tert-OH is 1. The minimum Gasteiger partial charge on any atom is -0.433 e. The standard InChI is InChI=1S/C28H33F2N7O2/c1-6-26(38)32-21-15-22(25(39-27(29)30)16-24(21)36(4)14-13-35(2)3)34-28-31-12-11-20(33-28)19-17-37(5)23-10-8-7-9-18(19)23/h6-12,15-17,26-27,32,38H,1,13-14H2,2-5H3,(H,31,33,34). The average Bonchev–Trinajstić information content (AvgIpc) is 3.25. The molecule has 0 fully saturated rings. The van der Waals surface area contributed by atoms with E-state index in [0.29, 0.717) is 23.6 Å². The van der Waals surface area contributed by atoms with Crippen LogP contribution in [0.4, 0.5) is 31.8 Å². The van der Waals surface area contributed by atoms with Crippen molar-refractivity contribution in [3.8, 4) is 17.0 Å². The molecule has 4 rings (SSSR count). The second-order valence-electron chi connectivity index (χ2n) is 9.36. The Bertz CT molecular complexity index is 1440. The largest absolute Gasteiger partial charge is 0.433 e. The molecule has 3 N–H and O–H groups in total. The number of para-hydroxylation sites is 1. The normalized spacial score (nSPS) is 12.1. The van der Waals surface area contributed by atoms with Crippen LogP contribution >= 0.6 is 0 Å². The Kier molecular flexibility index (Phi) is 8.62. The second kappa shape index (κ2) is 12.1. The lowest BCUT2D eigenvalue weighted by Gasteiger charge is -2.27. The van der Waals surface area contributed by atoms with Gasteiger partial charge in [0.15, 0.2) is 5.75 Å². The number of fused-ring (bicyclic) bond motifs is 1. The third-order valence-electron chi connectivity index (χ3n) is 6.21. The van der Waals surface area contributed by atoms with Gasteiger partial charge in [0.2, 0.25) is 5.95 Å². The number of anilines is 4. The van der Waals surface area contributed by atoms with E-state index < -0.39 is 12.8 Å². The number of hydrogen-bond donors (Lipinski definition) is 3. The fourth-order valence-corrected chi connectivity index (χ4v) is 4.22. The number of aryl methyl sites for hydroxylation is 1. The van der Waals surface area contributed by atoms with Crippen molar-refractivity contribution in [3.05, 3.63) is 67.5 Å². The molecule has 1 atom stereocenters. The molecular formula is C28H33F2N7O2. The van der Waals surface area contributed by atoms with Gasteiger partial charge >= 0.3 is 6.61 Å². The summed E-state index contributed by atoms with van der Waals surface area (Å²) in [5.74, 6) is 0.109. The van der Waals surface area contributed by atoms with E-state index in [4.69, 9.17) is 4.74 Å². The molecule has 0 saturated carbocycles. The molecule has 0 radical (unpaired) electrons. The molecule has 1 unspecified atom stereocenters. The van der Waals surface area contributed by atoms with Crippen LogP contribution in [-0.2, 0) is 7.05 Å². The van der Waals surface area contributed by atoms with Crippen molar-refractivity contribution >= 4 is 33.9 Å². The summed E-state index contributed by atoms with van der Waals surface area (Å²) in [4.78, 5) is 12.9. The van der Waals surface area contributed by atoms with Gasteiger partial charge in [-0.05, 0) is 38.4 Å². The fourth-order valence-electron chi connectivity index (χ4n) is 4.22. The van der Waals surface area contributed by atoms with Crippen LogP contribution in [0.1, 0.15) is 0 Å². The van der Waals surface area contributed by atoms with E-state index in [2.05, 4.69) is 27.2 Å². The minimum absolute atomic E-state index is 0.0884. The van der Waals surface area contributed by atoms with Gasteiger partial charge in [-0.1, -0.05) is 24.8 Å². The maximum absolute atomic E-state index is 13.5. The number of aliphatic hydroxyl groups is 1. The Morgan fingerprint density at radius 1 is 1.13 bits per heavy atom. The highest BCUT2D eigenvalue weighted by Gasteiger charge is 2.19. The number of benzene rings is 2. The topological polar surface area (TPSA) is 90.7 Å². The SMILES string of the molecule is C=CC(O)Nc1cc(Nc2nccc(-c3cn(C)c4ccccc34)n2)c(OC(F)F)cc1N(C)CCN(C)C. The zero-order valence-corrected chi connectivity index (χ0v) is 22.4. The van der Waals surface area contributed by atoms with E-state index in [1.165, 1.54) is 12.1 Å². The van der Waals surface area contributed by atoms with Crippen LogP contribution in [0.2, 0.25) is 0 Å². The van der Waals surface area contributed by atoms with Crippen LogP contribution in [0.3, 0.4) is 0 Å². The highest BCUT2D eigenvalue weighted by atomic mass is 19.3. The van der Waals surface area contributed by atoms with Crippen LogP contribution in [0, 0.1) is 0 Å². The van der Waals surface area contributed by atoms with E-state index in [9.17, 15) is 13.9 Å². The summed E-state index contributed by atoms with van der Waals surface area (Å²) in [6, 6.07) is 12.8. The Labute approximate surface area is 226 Å². The Balaban J connectivity index is 1.74. The molecule has 4 aromatic rings. The first kappa shape index (κ1) is 27.8. The van der Waals surface area contributed by atoms with E-state index in [0.717, 1.165) is 23.0 Å². The molecule has 0 aliphatic rings. The maximum atomic E-state index is 13.5. The van der Waals surface area contributed by atoms with Crippen molar-refractivity contribution in [2.75, 3.05) is 49.8 Å². The molecule has 0 aliphatic heterocycles. The van der Waals surface area contributed by atoms with Gasteiger partial charge in [0.05, 0.1) is 22.8 Å². The van der Waals surface area contributed by atoms with E-state index >= 15 is 0 Å². The predicted molar refractivity (Wildman–Crippen MR) is 152 cm³/mol. The van der Waals surface area contributed by atoms with E-state index in [-0.39, 0.29) is 17.4 Å². The van der Waals surface area contributed by atoms with Gasteiger partial charge in [-0.2, -0.15) is 8.78 Å². The van der Waals surface area contributed by atoms with Gasteiger partial charge in [-0.3, -0.25) is 0 Å². The van der Waals surface area contributed by atoms with Gasteiger partial charge in [0, 0.05) is 62.1 Å². The summed E-state index contributed by atoms with van der Waals surface area (Å²) >= 11 is 0. The molecule has 206 valence electrons. The zero-order chi connectivity index (χ0) is 28.1.